The van der Waals surface area contributed by atoms with Crippen LogP contribution in [0, 0.1) is 0 Å². The minimum atomic E-state index is -0.00467. The first-order valence-electron chi connectivity index (χ1n) is 6.30. The number of rotatable bonds is 6. The topological polar surface area (TPSA) is 39.1 Å². The third-order valence-corrected chi connectivity index (χ3v) is 3.93. The number of nitrogens with one attached hydrogen (secondary N) is 1. The zero-order chi connectivity index (χ0) is 14.5. The molecule has 0 radical (unpaired) electrons. The summed E-state index contributed by atoms with van der Waals surface area (Å²) in [6.07, 6.45) is 1.68. The largest absolute Gasteiger partial charge is 0.383 e. The normalized spacial score (nSPS) is 12.6. The van der Waals surface area contributed by atoms with Crippen molar-refractivity contribution in [3.05, 3.63) is 51.2 Å². The Morgan fingerprint density at radius 3 is 2.70 bits per heavy atom. The van der Waals surface area contributed by atoms with E-state index in [4.69, 9.17) is 16.3 Å². The van der Waals surface area contributed by atoms with Crippen LogP contribution in [0.3, 0.4) is 0 Å². The molecule has 0 amide bonds. The van der Waals surface area contributed by atoms with Gasteiger partial charge in [-0.05, 0) is 24.7 Å². The van der Waals surface area contributed by atoms with E-state index >= 15 is 0 Å². The van der Waals surface area contributed by atoms with Crippen LogP contribution < -0.4 is 5.32 Å². The minimum absolute atomic E-state index is 0.00467. The summed E-state index contributed by atoms with van der Waals surface area (Å²) in [4.78, 5) is 0. The van der Waals surface area contributed by atoms with Crippen LogP contribution in [0.5, 0.6) is 0 Å². The summed E-state index contributed by atoms with van der Waals surface area (Å²) in [5.74, 6) is 0. The van der Waals surface area contributed by atoms with Crippen LogP contribution in [0.1, 0.15) is 17.3 Å². The Balaban J connectivity index is 2.35. The first-order chi connectivity index (χ1) is 9.67. The molecule has 1 heterocycles. The fourth-order valence-corrected chi connectivity index (χ4v) is 2.65. The van der Waals surface area contributed by atoms with Gasteiger partial charge in [-0.25, -0.2) is 0 Å². The molecular weight excluding hydrogens is 342 g/mol. The Morgan fingerprint density at radius 1 is 1.40 bits per heavy atom. The van der Waals surface area contributed by atoms with Gasteiger partial charge in [0.2, 0.25) is 0 Å². The van der Waals surface area contributed by atoms with Crippen molar-refractivity contribution in [3.63, 3.8) is 0 Å². The number of benzene rings is 1. The number of aromatic nitrogens is 2. The highest BCUT2D eigenvalue weighted by Crippen LogP contribution is 2.28. The molecule has 1 aromatic carbocycles. The van der Waals surface area contributed by atoms with Crippen LogP contribution in [0.15, 0.2) is 34.9 Å². The lowest BCUT2D eigenvalue weighted by atomic mass is 10.0. The maximum atomic E-state index is 6.31. The zero-order valence-electron chi connectivity index (χ0n) is 11.4. The van der Waals surface area contributed by atoms with E-state index in [1.54, 1.807) is 13.3 Å². The Bertz CT molecular complexity index is 556. The predicted octanol–water partition coefficient (Wildman–Crippen LogP) is 3.25. The van der Waals surface area contributed by atoms with E-state index in [0.717, 1.165) is 15.7 Å². The number of hydrogen-bond acceptors (Lipinski definition) is 3. The van der Waals surface area contributed by atoms with E-state index in [9.17, 15) is 0 Å². The summed E-state index contributed by atoms with van der Waals surface area (Å²) >= 11 is 9.75. The average Bonchev–Trinajstić information content (AvgIpc) is 2.81. The maximum absolute atomic E-state index is 6.31. The standard InChI is InChI=1S/C14H17BrClN3O/c1-17-13(10-3-5-11(15)6-4-10)14-12(16)9-18-19(14)7-8-20-2/h3-6,9,13,17H,7-8H2,1-2H3. The number of hydrogen-bond donors (Lipinski definition) is 1. The van der Waals surface area contributed by atoms with Gasteiger partial charge in [0.05, 0.1) is 36.1 Å². The summed E-state index contributed by atoms with van der Waals surface area (Å²) in [5.41, 5.74) is 2.09. The second-order valence-electron chi connectivity index (χ2n) is 4.37. The smallest absolute Gasteiger partial charge is 0.0837 e. The molecular formula is C14H17BrClN3O. The van der Waals surface area contributed by atoms with Crippen molar-refractivity contribution in [1.29, 1.82) is 0 Å². The van der Waals surface area contributed by atoms with Crippen molar-refractivity contribution < 1.29 is 4.74 Å². The molecule has 20 heavy (non-hydrogen) atoms. The molecule has 2 aromatic rings. The van der Waals surface area contributed by atoms with Gasteiger partial charge in [-0.2, -0.15) is 5.10 Å². The summed E-state index contributed by atoms with van der Waals surface area (Å²) in [6.45, 7) is 1.27. The van der Waals surface area contributed by atoms with Gasteiger partial charge < -0.3 is 10.1 Å². The average molecular weight is 359 g/mol. The van der Waals surface area contributed by atoms with Crippen LogP contribution >= 0.6 is 27.5 Å². The lowest BCUT2D eigenvalue weighted by Gasteiger charge is -2.19. The predicted molar refractivity (Wildman–Crippen MR) is 84.2 cm³/mol. The molecule has 0 aliphatic carbocycles. The van der Waals surface area contributed by atoms with Gasteiger partial charge in [0.1, 0.15) is 0 Å². The molecule has 1 unspecified atom stereocenters. The monoisotopic (exact) mass is 357 g/mol. The Kier molecular flexibility index (Phi) is 5.60. The first kappa shape index (κ1) is 15.5. The molecule has 108 valence electrons. The molecule has 0 fully saturated rings. The van der Waals surface area contributed by atoms with Gasteiger partial charge >= 0.3 is 0 Å². The van der Waals surface area contributed by atoms with Crippen molar-refractivity contribution in [1.82, 2.24) is 15.1 Å². The van der Waals surface area contributed by atoms with Crippen molar-refractivity contribution in [2.24, 2.45) is 0 Å². The van der Waals surface area contributed by atoms with Crippen LogP contribution in [-0.4, -0.2) is 30.5 Å². The molecule has 6 heteroatoms. The van der Waals surface area contributed by atoms with Crippen LogP contribution in [0.4, 0.5) is 0 Å². The molecule has 0 aliphatic heterocycles. The first-order valence-corrected chi connectivity index (χ1v) is 7.47. The van der Waals surface area contributed by atoms with E-state index in [1.807, 2.05) is 23.9 Å². The van der Waals surface area contributed by atoms with E-state index < -0.39 is 0 Å². The Hall–Kier alpha value is -0.880. The van der Waals surface area contributed by atoms with Gasteiger partial charge in [0.25, 0.3) is 0 Å². The van der Waals surface area contributed by atoms with E-state index in [-0.39, 0.29) is 6.04 Å². The van der Waals surface area contributed by atoms with Crippen molar-refractivity contribution in [3.8, 4) is 0 Å². The molecule has 2 rings (SSSR count). The molecule has 1 N–H and O–H groups in total. The molecule has 0 spiro atoms. The molecule has 1 atom stereocenters. The van der Waals surface area contributed by atoms with Crippen molar-refractivity contribution in [2.45, 2.75) is 12.6 Å². The number of methoxy groups -OCH3 is 1. The summed E-state index contributed by atoms with van der Waals surface area (Å²) in [7, 11) is 3.59. The van der Waals surface area contributed by atoms with Crippen LogP contribution in [-0.2, 0) is 11.3 Å². The van der Waals surface area contributed by atoms with Crippen molar-refractivity contribution in [2.75, 3.05) is 20.8 Å². The lowest BCUT2D eigenvalue weighted by molar-refractivity contribution is 0.182. The van der Waals surface area contributed by atoms with Gasteiger partial charge in [-0.1, -0.05) is 39.7 Å². The molecule has 0 saturated carbocycles. The molecule has 0 aliphatic rings. The Morgan fingerprint density at radius 2 is 2.10 bits per heavy atom. The summed E-state index contributed by atoms with van der Waals surface area (Å²) < 4.78 is 8.05. The van der Waals surface area contributed by atoms with Gasteiger partial charge in [-0.3, -0.25) is 4.68 Å². The highest BCUT2D eigenvalue weighted by atomic mass is 79.9. The molecule has 0 bridgehead atoms. The van der Waals surface area contributed by atoms with E-state index in [2.05, 4.69) is 38.5 Å². The summed E-state index contributed by atoms with van der Waals surface area (Å²) in [6, 6.07) is 8.16. The van der Waals surface area contributed by atoms with E-state index in [0.29, 0.717) is 18.2 Å². The van der Waals surface area contributed by atoms with Crippen LogP contribution in [0.2, 0.25) is 5.02 Å². The molecule has 0 saturated heterocycles. The zero-order valence-corrected chi connectivity index (χ0v) is 13.8. The third-order valence-electron chi connectivity index (χ3n) is 3.11. The second-order valence-corrected chi connectivity index (χ2v) is 5.69. The highest BCUT2D eigenvalue weighted by Gasteiger charge is 2.20. The van der Waals surface area contributed by atoms with E-state index in [1.165, 1.54) is 0 Å². The SMILES string of the molecule is CNC(c1ccc(Br)cc1)c1c(Cl)cnn1CCOC. The van der Waals surface area contributed by atoms with Crippen LogP contribution in [0.25, 0.3) is 0 Å². The fraction of sp³-hybridized carbons (Fsp3) is 0.357. The quantitative estimate of drug-likeness (QED) is 0.861. The molecule has 4 nitrogen and oxygen atoms in total. The number of ether oxygens (including phenoxy) is 1. The second kappa shape index (κ2) is 7.22. The van der Waals surface area contributed by atoms with Crippen molar-refractivity contribution >= 4 is 27.5 Å². The fourth-order valence-electron chi connectivity index (χ4n) is 2.13. The number of halogens is 2. The summed E-state index contributed by atoms with van der Waals surface area (Å²) in [5, 5.41) is 8.27. The highest BCUT2D eigenvalue weighted by molar-refractivity contribution is 9.10. The lowest BCUT2D eigenvalue weighted by Crippen LogP contribution is -2.23. The van der Waals surface area contributed by atoms with Gasteiger partial charge in [-0.15, -0.1) is 0 Å². The van der Waals surface area contributed by atoms with Gasteiger partial charge in [0.15, 0.2) is 0 Å². The molecule has 1 aromatic heterocycles. The number of nitrogens with zero attached hydrogens (tertiary/aromatic N) is 2. The third kappa shape index (κ3) is 3.41. The minimum Gasteiger partial charge on any atom is -0.383 e. The Labute approximate surface area is 132 Å². The van der Waals surface area contributed by atoms with Gasteiger partial charge in [0, 0.05) is 11.6 Å². The maximum Gasteiger partial charge on any atom is 0.0837 e.